The van der Waals surface area contributed by atoms with Crippen molar-refractivity contribution in [3.8, 4) is 5.75 Å². The molecule has 0 aliphatic heterocycles. The lowest BCUT2D eigenvalue weighted by molar-refractivity contribution is 0.106. The third-order valence-electron chi connectivity index (χ3n) is 2.45. The Kier molecular flexibility index (Phi) is 5.14. The van der Waals surface area contributed by atoms with Gasteiger partial charge in [0.2, 0.25) is 0 Å². The SMILES string of the molecule is O=c1[nH]c(CNCC(O)COc2ccccc2)cs1. The zero-order chi connectivity index (χ0) is 13.5. The van der Waals surface area contributed by atoms with Gasteiger partial charge in [-0.3, -0.25) is 4.79 Å². The van der Waals surface area contributed by atoms with Crippen molar-refractivity contribution in [3.63, 3.8) is 0 Å². The van der Waals surface area contributed by atoms with E-state index in [9.17, 15) is 9.90 Å². The Bertz CT molecular complexity index is 538. The summed E-state index contributed by atoms with van der Waals surface area (Å²) in [6.07, 6.45) is -0.592. The Morgan fingerprint density at radius 3 is 2.84 bits per heavy atom. The lowest BCUT2D eigenvalue weighted by Gasteiger charge is -2.12. The molecule has 0 bridgehead atoms. The van der Waals surface area contributed by atoms with E-state index in [2.05, 4.69) is 10.3 Å². The number of thiazole rings is 1. The van der Waals surface area contributed by atoms with Crippen LogP contribution in [-0.4, -0.2) is 29.3 Å². The molecule has 0 radical (unpaired) electrons. The molecule has 0 amide bonds. The number of aliphatic hydroxyl groups is 1. The van der Waals surface area contributed by atoms with E-state index in [0.717, 1.165) is 22.8 Å². The summed E-state index contributed by atoms with van der Waals surface area (Å²) in [7, 11) is 0. The molecule has 1 unspecified atom stereocenters. The monoisotopic (exact) mass is 280 g/mol. The van der Waals surface area contributed by atoms with Crippen molar-refractivity contribution in [3.05, 3.63) is 51.1 Å². The highest BCUT2D eigenvalue weighted by Gasteiger charge is 2.05. The number of aromatic nitrogens is 1. The number of rotatable bonds is 7. The normalized spacial score (nSPS) is 12.3. The molecule has 0 saturated carbocycles. The topological polar surface area (TPSA) is 74.4 Å². The number of aromatic amines is 1. The van der Waals surface area contributed by atoms with Crippen LogP contribution in [0.5, 0.6) is 5.75 Å². The molecule has 2 rings (SSSR count). The van der Waals surface area contributed by atoms with E-state index in [-0.39, 0.29) is 11.5 Å². The summed E-state index contributed by atoms with van der Waals surface area (Å²) in [5.41, 5.74) is 0.825. The third-order valence-corrected chi connectivity index (χ3v) is 3.17. The Labute approximate surface area is 114 Å². The fourth-order valence-corrected chi connectivity index (χ4v) is 2.12. The Morgan fingerprint density at radius 2 is 2.16 bits per heavy atom. The van der Waals surface area contributed by atoms with Crippen LogP contribution in [0.2, 0.25) is 0 Å². The molecule has 5 nitrogen and oxygen atoms in total. The summed E-state index contributed by atoms with van der Waals surface area (Å²) in [6, 6.07) is 9.36. The van der Waals surface area contributed by atoms with Crippen molar-refractivity contribution in [1.29, 1.82) is 0 Å². The van der Waals surface area contributed by atoms with Crippen LogP contribution in [0.4, 0.5) is 0 Å². The Hall–Kier alpha value is -1.63. The summed E-state index contributed by atoms with van der Waals surface area (Å²) in [4.78, 5) is 13.5. The third kappa shape index (κ3) is 4.86. The van der Waals surface area contributed by atoms with E-state index >= 15 is 0 Å². The van der Waals surface area contributed by atoms with Crippen LogP contribution in [0.3, 0.4) is 0 Å². The van der Waals surface area contributed by atoms with E-state index in [0.29, 0.717) is 13.1 Å². The van der Waals surface area contributed by atoms with Crippen LogP contribution in [0, 0.1) is 0 Å². The van der Waals surface area contributed by atoms with Crippen LogP contribution >= 0.6 is 11.3 Å². The molecule has 19 heavy (non-hydrogen) atoms. The molecule has 3 N–H and O–H groups in total. The highest BCUT2D eigenvalue weighted by atomic mass is 32.1. The van der Waals surface area contributed by atoms with Gasteiger partial charge < -0.3 is 20.1 Å². The minimum absolute atomic E-state index is 0.0650. The zero-order valence-electron chi connectivity index (χ0n) is 10.3. The number of ether oxygens (including phenoxy) is 1. The molecule has 0 fully saturated rings. The Balaban J connectivity index is 1.64. The van der Waals surface area contributed by atoms with Crippen molar-refractivity contribution in [2.45, 2.75) is 12.6 Å². The minimum atomic E-state index is -0.592. The van der Waals surface area contributed by atoms with Crippen LogP contribution < -0.4 is 14.9 Å². The van der Waals surface area contributed by atoms with E-state index in [4.69, 9.17) is 4.74 Å². The summed E-state index contributed by atoms with van der Waals surface area (Å²) in [6.45, 7) is 1.17. The number of para-hydroxylation sites is 1. The molecule has 6 heteroatoms. The maximum atomic E-state index is 10.9. The molecule has 1 atom stereocenters. The average Bonchev–Trinajstić information content (AvgIpc) is 2.83. The predicted octanol–water partition coefficient (Wildman–Crippen LogP) is 0.966. The zero-order valence-corrected chi connectivity index (χ0v) is 11.2. The van der Waals surface area contributed by atoms with Gasteiger partial charge in [-0.2, -0.15) is 0 Å². The lowest BCUT2D eigenvalue weighted by Crippen LogP contribution is -2.31. The van der Waals surface area contributed by atoms with Gasteiger partial charge >= 0.3 is 4.87 Å². The fraction of sp³-hybridized carbons (Fsp3) is 0.308. The summed E-state index contributed by atoms with van der Waals surface area (Å²) < 4.78 is 5.43. The molecule has 0 saturated heterocycles. The van der Waals surface area contributed by atoms with Crippen LogP contribution in [0.15, 0.2) is 40.5 Å². The molecular formula is C13H16N2O3S. The van der Waals surface area contributed by atoms with Gasteiger partial charge in [-0.1, -0.05) is 29.5 Å². The molecular weight excluding hydrogens is 264 g/mol. The molecule has 0 aliphatic carbocycles. The number of hydrogen-bond acceptors (Lipinski definition) is 5. The lowest BCUT2D eigenvalue weighted by atomic mass is 10.3. The molecule has 102 valence electrons. The van der Waals surface area contributed by atoms with Crippen molar-refractivity contribution in [2.24, 2.45) is 0 Å². The van der Waals surface area contributed by atoms with Gasteiger partial charge in [-0.15, -0.1) is 0 Å². The number of benzene rings is 1. The second-order valence-corrected chi connectivity index (χ2v) is 4.92. The first-order valence-corrected chi connectivity index (χ1v) is 6.85. The van der Waals surface area contributed by atoms with Crippen molar-refractivity contribution >= 4 is 11.3 Å². The van der Waals surface area contributed by atoms with E-state index < -0.39 is 6.10 Å². The second kappa shape index (κ2) is 7.08. The van der Waals surface area contributed by atoms with Gasteiger partial charge in [0.15, 0.2) is 0 Å². The first kappa shape index (κ1) is 13.8. The number of nitrogens with one attached hydrogen (secondary N) is 2. The van der Waals surface area contributed by atoms with Crippen molar-refractivity contribution in [2.75, 3.05) is 13.2 Å². The van der Waals surface area contributed by atoms with E-state index in [1.54, 1.807) is 5.38 Å². The van der Waals surface area contributed by atoms with Gasteiger partial charge in [0, 0.05) is 24.2 Å². The van der Waals surface area contributed by atoms with Crippen molar-refractivity contribution in [1.82, 2.24) is 10.3 Å². The quantitative estimate of drug-likeness (QED) is 0.706. The first-order valence-electron chi connectivity index (χ1n) is 5.97. The fourth-order valence-electron chi connectivity index (χ4n) is 1.54. The summed E-state index contributed by atoms with van der Waals surface area (Å²) in [5.74, 6) is 0.740. The first-order chi connectivity index (χ1) is 9.24. The van der Waals surface area contributed by atoms with E-state index in [1.807, 2.05) is 30.3 Å². The molecule has 0 spiro atoms. The van der Waals surface area contributed by atoms with Gasteiger partial charge in [-0.25, -0.2) is 0 Å². The molecule has 2 aromatic rings. The van der Waals surface area contributed by atoms with Crippen LogP contribution in [0.1, 0.15) is 5.69 Å². The molecule has 0 aliphatic rings. The molecule has 1 heterocycles. The Morgan fingerprint density at radius 1 is 1.37 bits per heavy atom. The van der Waals surface area contributed by atoms with E-state index in [1.165, 1.54) is 0 Å². The van der Waals surface area contributed by atoms with Gasteiger partial charge in [0.25, 0.3) is 0 Å². The smallest absolute Gasteiger partial charge is 0.304 e. The van der Waals surface area contributed by atoms with Gasteiger partial charge in [0.05, 0.1) is 0 Å². The number of H-pyrrole nitrogens is 1. The molecule has 1 aromatic carbocycles. The largest absolute Gasteiger partial charge is 0.491 e. The maximum absolute atomic E-state index is 10.9. The average molecular weight is 280 g/mol. The van der Waals surface area contributed by atoms with Crippen LogP contribution in [0.25, 0.3) is 0 Å². The summed E-state index contributed by atoms with van der Waals surface area (Å²) >= 11 is 1.13. The molecule has 1 aromatic heterocycles. The van der Waals surface area contributed by atoms with Gasteiger partial charge in [0.1, 0.15) is 18.5 Å². The predicted molar refractivity (Wildman–Crippen MR) is 74.6 cm³/mol. The second-order valence-electron chi connectivity index (χ2n) is 4.08. The van der Waals surface area contributed by atoms with Crippen LogP contribution in [-0.2, 0) is 6.54 Å². The number of hydrogen-bond donors (Lipinski definition) is 3. The van der Waals surface area contributed by atoms with Gasteiger partial charge in [-0.05, 0) is 12.1 Å². The summed E-state index contributed by atoms with van der Waals surface area (Å²) in [5, 5.41) is 14.6. The minimum Gasteiger partial charge on any atom is -0.491 e. The van der Waals surface area contributed by atoms with Crippen molar-refractivity contribution < 1.29 is 9.84 Å². The highest BCUT2D eigenvalue weighted by molar-refractivity contribution is 7.07. The standard InChI is InChI=1S/C13H16N2O3S/c16-11(8-18-12-4-2-1-3-5-12)7-14-6-10-9-19-13(17)15-10/h1-5,9,11,14,16H,6-8H2,(H,15,17). The highest BCUT2D eigenvalue weighted by Crippen LogP contribution is 2.08. The number of aliphatic hydroxyl groups excluding tert-OH is 1. The maximum Gasteiger partial charge on any atom is 0.304 e.